The van der Waals surface area contributed by atoms with Gasteiger partial charge in [0.1, 0.15) is 11.6 Å². The molecule has 18 heavy (non-hydrogen) atoms. The maximum absolute atomic E-state index is 11.8. The molecule has 6 heteroatoms. The van der Waals surface area contributed by atoms with Crippen LogP contribution in [0.5, 0.6) is 0 Å². The number of H-pyrrole nitrogens is 1. The van der Waals surface area contributed by atoms with Crippen molar-refractivity contribution in [2.75, 3.05) is 6.61 Å². The van der Waals surface area contributed by atoms with Crippen LogP contribution in [-0.2, 0) is 4.74 Å². The van der Waals surface area contributed by atoms with Crippen LogP contribution in [-0.4, -0.2) is 22.3 Å². The summed E-state index contributed by atoms with van der Waals surface area (Å²) in [5.74, 6) is 0.516. The topological polar surface area (TPSA) is 87.9 Å². The summed E-state index contributed by atoms with van der Waals surface area (Å²) in [6.07, 6.45) is 4.41. The molecule has 2 atom stereocenters. The third kappa shape index (κ3) is 1.77. The Morgan fingerprint density at radius 3 is 2.83 bits per heavy atom. The molecule has 1 aromatic rings. The summed E-state index contributed by atoms with van der Waals surface area (Å²) >= 11 is 0. The number of ether oxygens (including phenoxy) is 1. The molecule has 1 saturated carbocycles. The van der Waals surface area contributed by atoms with E-state index in [0.717, 1.165) is 19.3 Å². The van der Waals surface area contributed by atoms with Gasteiger partial charge in [-0.2, -0.15) is 5.26 Å². The normalized spacial score (nSPS) is 27.1. The first-order chi connectivity index (χ1) is 8.70. The van der Waals surface area contributed by atoms with Crippen LogP contribution in [0.15, 0.2) is 15.8 Å². The zero-order valence-corrected chi connectivity index (χ0v) is 9.76. The van der Waals surface area contributed by atoms with Crippen molar-refractivity contribution in [3.8, 4) is 6.07 Å². The largest absolute Gasteiger partial charge is 0.376 e. The van der Waals surface area contributed by atoms with Gasteiger partial charge >= 0.3 is 5.69 Å². The Morgan fingerprint density at radius 1 is 1.39 bits per heavy atom. The molecule has 2 heterocycles. The van der Waals surface area contributed by atoms with E-state index in [1.165, 1.54) is 10.8 Å². The van der Waals surface area contributed by atoms with Crippen LogP contribution >= 0.6 is 0 Å². The van der Waals surface area contributed by atoms with Crippen molar-refractivity contribution >= 4 is 0 Å². The number of hydrogen-bond donors (Lipinski definition) is 1. The van der Waals surface area contributed by atoms with Crippen molar-refractivity contribution in [2.24, 2.45) is 5.92 Å². The SMILES string of the molecule is N#Cc1cn(C2CCOC2C2CC2)c(=O)[nH]c1=O. The van der Waals surface area contributed by atoms with Gasteiger partial charge in [0.05, 0.1) is 12.1 Å². The van der Waals surface area contributed by atoms with E-state index in [0.29, 0.717) is 12.5 Å². The standard InChI is InChI=1S/C12H13N3O3/c13-5-8-6-15(12(17)14-11(8)16)9-3-4-18-10(9)7-1-2-7/h6-7,9-10H,1-4H2,(H,14,16,17). The Balaban J connectivity index is 2.03. The minimum atomic E-state index is -0.624. The van der Waals surface area contributed by atoms with Crippen LogP contribution < -0.4 is 11.2 Å². The number of nitrogens with one attached hydrogen (secondary N) is 1. The zero-order chi connectivity index (χ0) is 12.7. The highest BCUT2D eigenvalue weighted by atomic mass is 16.5. The second kappa shape index (κ2) is 4.10. The minimum Gasteiger partial charge on any atom is -0.376 e. The molecular weight excluding hydrogens is 234 g/mol. The Labute approximate surface area is 103 Å². The molecule has 6 nitrogen and oxygen atoms in total. The molecular formula is C12H13N3O3. The second-order valence-corrected chi connectivity index (χ2v) is 4.85. The second-order valence-electron chi connectivity index (χ2n) is 4.85. The molecule has 2 aliphatic rings. The summed E-state index contributed by atoms with van der Waals surface area (Å²) in [5, 5.41) is 8.85. The van der Waals surface area contributed by atoms with Gasteiger partial charge in [0.2, 0.25) is 0 Å². The first-order valence-electron chi connectivity index (χ1n) is 6.08. The average Bonchev–Trinajstić information content (AvgIpc) is 3.08. The van der Waals surface area contributed by atoms with Gasteiger partial charge in [-0.1, -0.05) is 0 Å². The average molecular weight is 247 g/mol. The summed E-state index contributed by atoms with van der Waals surface area (Å²) < 4.78 is 7.12. The highest BCUT2D eigenvalue weighted by molar-refractivity contribution is 5.22. The highest BCUT2D eigenvalue weighted by Gasteiger charge is 2.41. The van der Waals surface area contributed by atoms with Crippen LogP contribution in [0, 0.1) is 17.2 Å². The molecule has 0 amide bonds. The number of nitrogens with zero attached hydrogens (tertiary/aromatic N) is 2. The Bertz CT molecular complexity index is 621. The lowest BCUT2D eigenvalue weighted by Crippen LogP contribution is -2.36. The minimum absolute atomic E-state index is 0.0314. The maximum Gasteiger partial charge on any atom is 0.328 e. The number of rotatable bonds is 2. The smallest absolute Gasteiger partial charge is 0.328 e. The van der Waals surface area contributed by atoms with Gasteiger partial charge in [-0.25, -0.2) is 4.79 Å². The van der Waals surface area contributed by atoms with E-state index >= 15 is 0 Å². The number of aromatic nitrogens is 2. The van der Waals surface area contributed by atoms with Gasteiger partial charge in [0.15, 0.2) is 0 Å². The number of nitriles is 1. The molecule has 2 unspecified atom stereocenters. The van der Waals surface area contributed by atoms with Gasteiger partial charge in [-0.3, -0.25) is 14.3 Å². The fourth-order valence-corrected chi connectivity index (χ4v) is 2.58. The van der Waals surface area contributed by atoms with Crippen LogP contribution in [0.2, 0.25) is 0 Å². The molecule has 1 aliphatic heterocycles. The summed E-state index contributed by atoms with van der Waals surface area (Å²) in [7, 11) is 0. The maximum atomic E-state index is 11.8. The van der Waals surface area contributed by atoms with Gasteiger partial charge in [-0.15, -0.1) is 0 Å². The zero-order valence-electron chi connectivity index (χ0n) is 9.76. The fraction of sp³-hybridized carbons (Fsp3) is 0.583. The third-order valence-corrected chi connectivity index (χ3v) is 3.64. The quantitative estimate of drug-likeness (QED) is 0.805. The lowest BCUT2D eigenvalue weighted by atomic mass is 10.1. The Hall–Kier alpha value is -1.87. The Kier molecular flexibility index (Phi) is 2.56. The van der Waals surface area contributed by atoms with Gasteiger partial charge in [0.25, 0.3) is 5.56 Å². The molecule has 0 aromatic carbocycles. The van der Waals surface area contributed by atoms with Crippen molar-refractivity contribution in [1.82, 2.24) is 9.55 Å². The van der Waals surface area contributed by atoms with E-state index in [2.05, 4.69) is 4.98 Å². The third-order valence-electron chi connectivity index (χ3n) is 3.64. The van der Waals surface area contributed by atoms with E-state index in [1.807, 2.05) is 0 Å². The van der Waals surface area contributed by atoms with E-state index in [9.17, 15) is 9.59 Å². The predicted octanol–water partition coefficient (Wildman–Crippen LogP) is 0.148. The molecule has 94 valence electrons. The first kappa shape index (κ1) is 11.2. The summed E-state index contributed by atoms with van der Waals surface area (Å²) in [5.41, 5.74) is -1.11. The number of hydrogen-bond acceptors (Lipinski definition) is 4. The predicted molar refractivity (Wildman–Crippen MR) is 62.2 cm³/mol. The first-order valence-corrected chi connectivity index (χ1v) is 6.08. The number of aromatic amines is 1. The lowest BCUT2D eigenvalue weighted by Gasteiger charge is -2.20. The molecule has 0 spiro atoms. The van der Waals surface area contributed by atoms with Crippen molar-refractivity contribution in [3.63, 3.8) is 0 Å². The summed E-state index contributed by atoms with van der Waals surface area (Å²) in [6, 6.07) is 1.74. The van der Waals surface area contributed by atoms with Crippen molar-refractivity contribution < 1.29 is 4.74 Å². The van der Waals surface area contributed by atoms with E-state index in [1.54, 1.807) is 6.07 Å². The van der Waals surface area contributed by atoms with E-state index in [4.69, 9.17) is 10.00 Å². The molecule has 1 aromatic heterocycles. The van der Waals surface area contributed by atoms with Crippen LogP contribution in [0.25, 0.3) is 0 Å². The van der Waals surface area contributed by atoms with Gasteiger partial charge < -0.3 is 4.74 Å². The molecule has 3 rings (SSSR count). The fourth-order valence-electron chi connectivity index (χ4n) is 2.58. The van der Waals surface area contributed by atoms with Crippen molar-refractivity contribution in [3.05, 3.63) is 32.6 Å². The van der Waals surface area contributed by atoms with Crippen molar-refractivity contribution in [2.45, 2.75) is 31.4 Å². The Morgan fingerprint density at radius 2 is 2.17 bits per heavy atom. The van der Waals surface area contributed by atoms with E-state index in [-0.39, 0.29) is 17.7 Å². The molecule has 2 fully saturated rings. The molecule has 1 aliphatic carbocycles. The summed E-state index contributed by atoms with van der Waals surface area (Å²) in [6.45, 7) is 0.624. The monoisotopic (exact) mass is 247 g/mol. The molecule has 1 N–H and O–H groups in total. The van der Waals surface area contributed by atoms with E-state index < -0.39 is 11.2 Å². The van der Waals surface area contributed by atoms with Crippen LogP contribution in [0.1, 0.15) is 30.9 Å². The lowest BCUT2D eigenvalue weighted by molar-refractivity contribution is 0.0741. The summed E-state index contributed by atoms with van der Waals surface area (Å²) in [4.78, 5) is 25.4. The van der Waals surface area contributed by atoms with Gasteiger partial charge in [0, 0.05) is 12.8 Å². The van der Waals surface area contributed by atoms with Crippen molar-refractivity contribution in [1.29, 1.82) is 5.26 Å². The van der Waals surface area contributed by atoms with Gasteiger partial charge in [-0.05, 0) is 25.2 Å². The highest BCUT2D eigenvalue weighted by Crippen LogP contribution is 2.42. The van der Waals surface area contributed by atoms with Crippen LogP contribution in [0.3, 0.4) is 0 Å². The molecule has 0 radical (unpaired) electrons. The molecule has 0 bridgehead atoms. The van der Waals surface area contributed by atoms with Crippen LogP contribution in [0.4, 0.5) is 0 Å². The molecule has 1 saturated heterocycles.